The Morgan fingerprint density at radius 2 is 2.14 bits per heavy atom. The van der Waals surface area contributed by atoms with E-state index in [-0.39, 0.29) is 0 Å². The Hall–Kier alpha value is -2.34. The second-order valence-electron chi connectivity index (χ2n) is 4.28. The molecule has 0 saturated carbocycles. The highest BCUT2D eigenvalue weighted by atomic mass is 32.1. The number of hydrogen-bond acceptors (Lipinski definition) is 5. The summed E-state index contributed by atoms with van der Waals surface area (Å²) < 4.78 is 10.9. The molecule has 0 saturated heterocycles. The lowest BCUT2D eigenvalue weighted by molar-refractivity contribution is 0.311. The molecular weight excluding hydrogens is 286 g/mol. The van der Waals surface area contributed by atoms with Crippen molar-refractivity contribution in [3.05, 3.63) is 35.7 Å². The second-order valence-corrected chi connectivity index (χ2v) is 5.23. The Balaban J connectivity index is 1.93. The third kappa shape index (κ3) is 2.75. The van der Waals surface area contributed by atoms with Gasteiger partial charge in [0.25, 0.3) is 0 Å². The fraction of sp³-hybridized carbons (Fsp3) is 0.200. The number of aromatic nitrogens is 3. The predicted octanol–water partition coefficient (Wildman–Crippen LogP) is 3.61. The van der Waals surface area contributed by atoms with Crippen LogP contribution in [-0.2, 0) is 0 Å². The molecule has 0 atom stereocenters. The molecule has 6 heteroatoms. The van der Waals surface area contributed by atoms with E-state index >= 15 is 0 Å². The second kappa shape index (κ2) is 5.97. The molecule has 0 spiro atoms. The normalized spacial score (nSPS) is 10.6. The molecular formula is C15H15N3O2S. The van der Waals surface area contributed by atoms with E-state index in [1.807, 2.05) is 42.6 Å². The molecule has 21 heavy (non-hydrogen) atoms. The lowest BCUT2D eigenvalue weighted by Crippen LogP contribution is -1.95. The maximum Gasteiger partial charge on any atom is 0.181 e. The van der Waals surface area contributed by atoms with Crippen LogP contribution in [0.15, 0.2) is 35.7 Å². The van der Waals surface area contributed by atoms with E-state index in [0.29, 0.717) is 18.2 Å². The van der Waals surface area contributed by atoms with E-state index in [9.17, 15) is 0 Å². The number of hydrogen-bond donors (Lipinski definition) is 1. The number of ether oxygens (including phenoxy) is 2. The van der Waals surface area contributed by atoms with Gasteiger partial charge in [-0.15, -0.1) is 11.3 Å². The number of rotatable bonds is 5. The van der Waals surface area contributed by atoms with Crippen LogP contribution < -0.4 is 9.47 Å². The van der Waals surface area contributed by atoms with E-state index in [0.717, 1.165) is 22.0 Å². The Labute approximate surface area is 126 Å². The molecule has 0 unspecified atom stereocenters. The van der Waals surface area contributed by atoms with Gasteiger partial charge in [0.1, 0.15) is 0 Å². The zero-order valence-corrected chi connectivity index (χ0v) is 12.6. The fourth-order valence-corrected chi connectivity index (χ4v) is 2.66. The number of thiophene rings is 1. The number of methoxy groups -OCH3 is 1. The highest BCUT2D eigenvalue weighted by molar-refractivity contribution is 7.13. The largest absolute Gasteiger partial charge is 0.493 e. The zero-order valence-electron chi connectivity index (χ0n) is 11.8. The number of benzene rings is 1. The van der Waals surface area contributed by atoms with Crippen molar-refractivity contribution in [2.24, 2.45) is 0 Å². The van der Waals surface area contributed by atoms with Gasteiger partial charge in [0, 0.05) is 5.56 Å². The third-order valence-electron chi connectivity index (χ3n) is 2.96. The first-order valence-electron chi connectivity index (χ1n) is 6.59. The first-order chi connectivity index (χ1) is 10.3. The summed E-state index contributed by atoms with van der Waals surface area (Å²) in [7, 11) is 1.62. The van der Waals surface area contributed by atoms with Crippen LogP contribution in [0.25, 0.3) is 22.1 Å². The Morgan fingerprint density at radius 3 is 2.86 bits per heavy atom. The van der Waals surface area contributed by atoms with Gasteiger partial charge >= 0.3 is 0 Å². The van der Waals surface area contributed by atoms with Crippen LogP contribution in [0, 0.1) is 0 Å². The van der Waals surface area contributed by atoms with Crippen molar-refractivity contribution in [2.45, 2.75) is 6.92 Å². The van der Waals surface area contributed by atoms with Gasteiger partial charge in [0.15, 0.2) is 23.1 Å². The van der Waals surface area contributed by atoms with E-state index in [2.05, 4.69) is 15.2 Å². The summed E-state index contributed by atoms with van der Waals surface area (Å²) >= 11 is 1.62. The van der Waals surface area contributed by atoms with E-state index in [1.165, 1.54) is 0 Å². The summed E-state index contributed by atoms with van der Waals surface area (Å²) in [6.45, 7) is 2.54. The molecule has 1 aromatic carbocycles. The van der Waals surface area contributed by atoms with Gasteiger partial charge in [-0.05, 0) is 36.6 Å². The highest BCUT2D eigenvalue weighted by Crippen LogP contribution is 2.32. The van der Waals surface area contributed by atoms with Crippen molar-refractivity contribution >= 4 is 11.3 Å². The summed E-state index contributed by atoms with van der Waals surface area (Å²) in [5, 5.41) is 9.24. The van der Waals surface area contributed by atoms with Gasteiger partial charge in [-0.1, -0.05) is 6.07 Å². The van der Waals surface area contributed by atoms with Gasteiger partial charge in [-0.3, -0.25) is 5.10 Å². The molecule has 0 radical (unpaired) electrons. The molecule has 3 aromatic rings. The van der Waals surface area contributed by atoms with Crippen LogP contribution in [0.3, 0.4) is 0 Å². The molecule has 0 aliphatic carbocycles. The first kappa shape index (κ1) is 13.6. The third-order valence-corrected chi connectivity index (χ3v) is 3.84. The van der Waals surface area contributed by atoms with Crippen LogP contribution in [0.2, 0.25) is 0 Å². The summed E-state index contributed by atoms with van der Waals surface area (Å²) in [6.07, 6.45) is 0. The van der Waals surface area contributed by atoms with E-state index < -0.39 is 0 Å². The maximum absolute atomic E-state index is 5.51. The van der Waals surface area contributed by atoms with Crippen molar-refractivity contribution in [1.82, 2.24) is 15.2 Å². The van der Waals surface area contributed by atoms with Crippen molar-refractivity contribution in [1.29, 1.82) is 0 Å². The van der Waals surface area contributed by atoms with Crippen LogP contribution in [0.1, 0.15) is 6.92 Å². The zero-order chi connectivity index (χ0) is 14.7. The number of nitrogens with one attached hydrogen (secondary N) is 1. The first-order valence-corrected chi connectivity index (χ1v) is 7.47. The molecule has 2 heterocycles. The van der Waals surface area contributed by atoms with Gasteiger partial charge < -0.3 is 9.47 Å². The van der Waals surface area contributed by atoms with Crippen LogP contribution in [0.4, 0.5) is 0 Å². The van der Waals surface area contributed by atoms with Gasteiger partial charge in [-0.2, -0.15) is 5.10 Å². The molecule has 0 aliphatic heterocycles. The average molecular weight is 301 g/mol. The van der Waals surface area contributed by atoms with Crippen LogP contribution >= 0.6 is 11.3 Å². The minimum Gasteiger partial charge on any atom is -0.493 e. The standard InChI is InChI=1S/C15H15N3O2S/c1-3-20-11-7-6-10(9-12(11)19-2)14-16-15(18-17-14)13-5-4-8-21-13/h4-9H,3H2,1-2H3,(H,16,17,18). The number of nitrogens with zero attached hydrogens (tertiary/aromatic N) is 2. The molecule has 108 valence electrons. The topological polar surface area (TPSA) is 60.0 Å². The summed E-state index contributed by atoms with van der Waals surface area (Å²) in [5.74, 6) is 2.81. The quantitative estimate of drug-likeness (QED) is 0.782. The SMILES string of the molecule is CCOc1ccc(-c2n[nH]c(-c3cccs3)n2)cc1OC. The minimum absolute atomic E-state index is 0.596. The Bertz CT molecular complexity index is 722. The van der Waals surface area contributed by atoms with E-state index in [1.54, 1.807) is 18.4 Å². The molecule has 0 aliphatic rings. The summed E-state index contributed by atoms with van der Waals surface area (Å²) in [6, 6.07) is 9.68. The smallest absolute Gasteiger partial charge is 0.181 e. The van der Waals surface area contributed by atoms with Gasteiger partial charge in [-0.25, -0.2) is 4.98 Å². The van der Waals surface area contributed by atoms with Crippen molar-refractivity contribution in [3.8, 4) is 33.6 Å². The molecule has 0 fully saturated rings. The maximum atomic E-state index is 5.51. The van der Waals surface area contributed by atoms with Crippen molar-refractivity contribution in [3.63, 3.8) is 0 Å². The molecule has 1 N–H and O–H groups in total. The van der Waals surface area contributed by atoms with Gasteiger partial charge in [0.2, 0.25) is 0 Å². The van der Waals surface area contributed by atoms with Crippen molar-refractivity contribution in [2.75, 3.05) is 13.7 Å². The monoisotopic (exact) mass is 301 g/mol. The van der Waals surface area contributed by atoms with Crippen molar-refractivity contribution < 1.29 is 9.47 Å². The lowest BCUT2D eigenvalue weighted by atomic mass is 10.2. The molecule has 3 rings (SSSR count). The number of H-pyrrole nitrogens is 1. The highest BCUT2D eigenvalue weighted by Gasteiger charge is 2.11. The molecule has 0 amide bonds. The average Bonchev–Trinajstić information content (AvgIpc) is 3.19. The fourth-order valence-electron chi connectivity index (χ4n) is 2.00. The van der Waals surface area contributed by atoms with E-state index in [4.69, 9.17) is 9.47 Å². The predicted molar refractivity (Wildman–Crippen MR) is 82.9 cm³/mol. The molecule has 0 bridgehead atoms. The number of aromatic amines is 1. The lowest BCUT2D eigenvalue weighted by Gasteiger charge is -2.09. The van der Waals surface area contributed by atoms with Gasteiger partial charge in [0.05, 0.1) is 18.6 Å². The Kier molecular flexibility index (Phi) is 3.87. The Morgan fingerprint density at radius 1 is 1.24 bits per heavy atom. The minimum atomic E-state index is 0.596. The summed E-state index contributed by atoms with van der Waals surface area (Å²) in [5.41, 5.74) is 0.884. The van der Waals surface area contributed by atoms with Crippen LogP contribution in [-0.4, -0.2) is 28.9 Å². The molecule has 5 nitrogen and oxygen atoms in total. The summed E-state index contributed by atoms with van der Waals surface area (Å²) in [4.78, 5) is 5.58. The molecule has 2 aromatic heterocycles. The van der Waals surface area contributed by atoms with Crippen LogP contribution in [0.5, 0.6) is 11.5 Å².